The maximum Gasteiger partial charge on any atom is 0.338 e. The van der Waals surface area contributed by atoms with Gasteiger partial charge >= 0.3 is 5.97 Å². The van der Waals surface area contributed by atoms with Crippen LogP contribution in [0.25, 0.3) is 5.03 Å². The molecule has 174 valence electrons. The Labute approximate surface area is 200 Å². The largest absolute Gasteiger partial charge is 0.462 e. The molecule has 1 fully saturated rings. The third-order valence-corrected chi connectivity index (χ3v) is 8.63. The molecule has 1 heterocycles. The molecular weight excluding hydrogens is 458 g/mol. The first-order valence-corrected chi connectivity index (χ1v) is 13.0. The van der Waals surface area contributed by atoms with E-state index in [-0.39, 0.29) is 18.0 Å². The van der Waals surface area contributed by atoms with Crippen molar-refractivity contribution in [1.29, 1.82) is 0 Å². The minimum Gasteiger partial charge on any atom is -0.462 e. The Balaban J connectivity index is 1.76. The Morgan fingerprint density at radius 3 is 2.55 bits per heavy atom. The molecule has 1 saturated heterocycles. The normalized spacial score (nSPS) is 22.5. The van der Waals surface area contributed by atoms with Crippen LogP contribution in [0.3, 0.4) is 0 Å². The molecule has 0 radical (unpaired) electrons. The molecule has 0 aromatic heterocycles. The number of hydrogen-bond acceptors (Lipinski definition) is 4. The minimum absolute atomic E-state index is 0.211. The van der Waals surface area contributed by atoms with Crippen LogP contribution in [0.4, 0.5) is 0 Å². The lowest BCUT2D eigenvalue weighted by Crippen LogP contribution is -2.32. The van der Waals surface area contributed by atoms with Crippen molar-refractivity contribution in [1.82, 2.24) is 4.31 Å². The number of carbonyl (C=O) groups is 1. The number of carbonyl (C=O) groups excluding carboxylic acids is 1. The second kappa shape index (κ2) is 9.45. The number of halogens is 1. The number of aryl methyl sites for hydroxylation is 1. The number of nitrogens with zero attached hydrogens (tertiary/aromatic N) is 1. The van der Waals surface area contributed by atoms with Crippen LogP contribution in [0, 0.1) is 12.3 Å². The summed E-state index contributed by atoms with van der Waals surface area (Å²) in [5.74, 6) is -0.406. The van der Waals surface area contributed by atoms with Crippen molar-refractivity contribution in [3.63, 3.8) is 0 Å². The summed E-state index contributed by atoms with van der Waals surface area (Å²) in [4.78, 5) is 12.5. The molecule has 7 heteroatoms. The molecule has 2 aromatic carbocycles. The molecule has 1 unspecified atom stereocenters. The molecule has 5 nitrogen and oxygen atoms in total. The summed E-state index contributed by atoms with van der Waals surface area (Å²) >= 11 is 6.94. The lowest BCUT2D eigenvalue weighted by molar-refractivity contribution is 0.0526. The zero-order valence-electron chi connectivity index (χ0n) is 18.9. The van der Waals surface area contributed by atoms with E-state index in [0.29, 0.717) is 22.7 Å². The monoisotopic (exact) mass is 485 g/mol. The summed E-state index contributed by atoms with van der Waals surface area (Å²) in [6.45, 7) is 4.54. The molecule has 1 aliphatic carbocycles. The number of hydrogen-bond donors (Lipinski definition) is 0. The first-order valence-electron chi connectivity index (χ1n) is 11.2. The molecule has 2 aromatic rings. The maximum atomic E-state index is 13.5. The van der Waals surface area contributed by atoms with E-state index in [1.807, 2.05) is 25.1 Å². The quantitative estimate of drug-likeness (QED) is 0.411. The molecule has 0 N–H and O–H groups in total. The Bertz CT molecular complexity index is 1220. The van der Waals surface area contributed by atoms with E-state index >= 15 is 0 Å². The molecule has 1 spiro atoms. The summed E-state index contributed by atoms with van der Waals surface area (Å²) < 4.78 is 33.6. The fraction of sp³-hybridized carbons (Fsp3) is 0.346. The van der Waals surface area contributed by atoms with E-state index in [1.54, 1.807) is 37.3 Å². The number of sulfonamides is 1. The van der Waals surface area contributed by atoms with Crippen LogP contribution in [0.2, 0.25) is 0 Å². The highest BCUT2D eigenvalue weighted by molar-refractivity contribution is 7.89. The van der Waals surface area contributed by atoms with Gasteiger partial charge in [-0.15, -0.1) is 0 Å². The second-order valence-corrected chi connectivity index (χ2v) is 10.9. The van der Waals surface area contributed by atoms with Gasteiger partial charge in [-0.1, -0.05) is 53.6 Å². The topological polar surface area (TPSA) is 63.7 Å². The van der Waals surface area contributed by atoms with Crippen LogP contribution in [0.1, 0.15) is 47.7 Å². The third-order valence-electron chi connectivity index (χ3n) is 6.38. The van der Waals surface area contributed by atoms with E-state index in [9.17, 15) is 13.2 Å². The first-order chi connectivity index (χ1) is 15.8. The summed E-state index contributed by atoms with van der Waals surface area (Å²) in [6, 6.07) is 13.9. The van der Waals surface area contributed by atoms with Crippen molar-refractivity contribution in [2.75, 3.05) is 19.7 Å². The first kappa shape index (κ1) is 23.7. The van der Waals surface area contributed by atoms with Gasteiger partial charge in [0.1, 0.15) is 0 Å². The maximum absolute atomic E-state index is 13.5. The van der Waals surface area contributed by atoms with Crippen LogP contribution in [0.5, 0.6) is 0 Å². The van der Waals surface area contributed by atoms with Gasteiger partial charge in [-0.3, -0.25) is 0 Å². The number of allylic oxidation sites excluding steroid dienone is 1. The molecule has 1 atom stereocenters. The minimum atomic E-state index is -3.68. The standard InChI is InChI=1S/C26H28ClNO4S/c1-3-32-25(29)21-9-7-8-20(16-21)24(27)23-17-28(18-26(23)14-5-4-6-15-26)33(30,31)22-12-10-19(2)11-13-22/h5,7-14,16H,3-4,6,15,17-18H2,1-2H3/b24-23+. The van der Waals surface area contributed by atoms with Crippen molar-refractivity contribution in [3.05, 3.63) is 82.9 Å². The molecular formula is C26H28ClNO4S. The van der Waals surface area contributed by atoms with Crippen molar-refractivity contribution >= 4 is 32.6 Å². The van der Waals surface area contributed by atoms with Gasteiger partial charge in [0.15, 0.2) is 0 Å². The lowest BCUT2D eigenvalue weighted by Gasteiger charge is -2.31. The van der Waals surface area contributed by atoms with Gasteiger partial charge in [0.05, 0.1) is 17.1 Å². The van der Waals surface area contributed by atoms with E-state index < -0.39 is 21.4 Å². The van der Waals surface area contributed by atoms with E-state index in [4.69, 9.17) is 16.3 Å². The van der Waals surface area contributed by atoms with Crippen LogP contribution >= 0.6 is 11.6 Å². The van der Waals surface area contributed by atoms with Crippen molar-refractivity contribution in [2.45, 2.75) is 38.0 Å². The molecule has 2 aliphatic rings. The van der Waals surface area contributed by atoms with Crippen molar-refractivity contribution < 1.29 is 17.9 Å². The average Bonchev–Trinajstić information content (AvgIpc) is 3.18. The molecule has 0 amide bonds. The Hall–Kier alpha value is -2.41. The van der Waals surface area contributed by atoms with Gasteiger partial charge in [0.2, 0.25) is 10.0 Å². The van der Waals surface area contributed by atoms with Crippen molar-refractivity contribution in [3.8, 4) is 0 Å². The highest BCUT2D eigenvalue weighted by Crippen LogP contribution is 2.49. The van der Waals surface area contributed by atoms with Gasteiger partial charge in [-0.05, 0) is 68.5 Å². The third kappa shape index (κ3) is 4.65. The number of ether oxygens (including phenoxy) is 1. The highest BCUT2D eigenvalue weighted by atomic mass is 35.5. The van der Waals surface area contributed by atoms with E-state index in [2.05, 4.69) is 12.2 Å². The van der Waals surface area contributed by atoms with E-state index in [0.717, 1.165) is 30.4 Å². The number of esters is 1. The SMILES string of the molecule is CCOC(=O)c1cccc(/C(Cl)=C2/CN(S(=O)(=O)c3ccc(C)cc3)CC23C=CCCC3)c1. The van der Waals surface area contributed by atoms with Gasteiger partial charge in [0, 0.05) is 23.5 Å². The zero-order valence-corrected chi connectivity index (χ0v) is 20.5. The second-order valence-electron chi connectivity index (χ2n) is 8.63. The smallest absolute Gasteiger partial charge is 0.338 e. The molecule has 0 bridgehead atoms. The predicted molar refractivity (Wildman–Crippen MR) is 131 cm³/mol. The predicted octanol–water partition coefficient (Wildman–Crippen LogP) is 5.55. The molecule has 33 heavy (non-hydrogen) atoms. The fourth-order valence-electron chi connectivity index (χ4n) is 4.60. The highest BCUT2D eigenvalue weighted by Gasteiger charge is 2.46. The van der Waals surface area contributed by atoms with E-state index in [1.165, 1.54) is 4.31 Å². The summed E-state index contributed by atoms with van der Waals surface area (Å²) in [5, 5.41) is 0.495. The molecule has 1 aliphatic heterocycles. The Kier molecular flexibility index (Phi) is 6.80. The van der Waals surface area contributed by atoms with Gasteiger partial charge < -0.3 is 4.74 Å². The lowest BCUT2D eigenvalue weighted by atomic mass is 9.74. The van der Waals surface area contributed by atoms with Crippen molar-refractivity contribution in [2.24, 2.45) is 5.41 Å². The summed E-state index contributed by atoms with van der Waals surface area (Å²) in [5.41, 5.74) is 2.53. The average molecular weight is 486 g/mol. The molecule has 4 rings (SSSR count). The summed E-state index contributed by atoms with van der Waals surface area (Å²) in [7, 11) is -3.68. The van der Waals surface area contributed by atoms with Crippen LogP contribution in [-0.4, -0.2) is 38.4 Å². The van der Waals surface area contributed by atoms with Crippen LogP contribution in [0.15, 0.2) is 71.2 Å². The fourth-order valence-corrected chi connectivity index (χ4v) is 6.44. The number of rotatable bonds is 5. The van der Waals surface area contributed by atoms with Gasteiger partial charge in [-0.2, -0.15) is 4.31 Å². The zero-order chi connectivity index (χ0) is 23.6. The van der Waals surface area contributed by atoms with Gasteiger partial charge in [0.25, 0.3) is 0 Å². The Morgan fingerprint density at radius 1 is 1.15 bits per heavy atom. The number of benzene rings is 2. The van der Waals surface area contributed by atoms with Gasteiger partial charge in [-0.25, -0.2) is 13.2 Å². The van der Waals surface area contributed by atoms with Crippen LogP contribution in [-0.2, 0) is 14.8 Å². The Morgan fingerprint density at radius 2 is 1.88 bits per heavy atom. The van der Waals surface area contributed by atoms with Crippen LogP contribution < -0.4 is 0 Å². The molecule has 0 saturated carbocycles. The summed E-state index contributed by atoms with van der Waals surface area (Å²) in [6.07, 6.45) is 6.99.